The van der Waals surface area contributed by atoms with Crippen LogP contribution < -0.4 is 0 Å². The lowest BCUT2D eigenvalue weighted by Crippen LogP contribution is -2.15. The summed E-state index contributed by atoms with van der Waals surface area (Å²) < 4.78 is 6.77. The number of carbonyl (C=O) groups excluding carboxylic acids is 1. The van der Waals surface area contributed by atoms with Crippen molar-refractivity contribution in [3.05, 3.63) is 51.8 Å². The van der Waals surface area contributed by atoms with Crippen molar-refractivity contribution in [3.8, 4) is 0 Å². The van der Waals surface area contributed by atoms with Gasteiger partial charge in [-0.1, -0.05) is 37.6 Å². The van der Waals surface area contributed by atoms with Crippen LogP contribution in [0.15, 0.2) is 24.3 Å². The van der Waals surface area contributed by atoms with Crippen LogP contribution in [0.1, 0.15) is 49.2 Å². The molecule has 0 unspecified atom stereocenters. The van der Waals surface area contributed by atoms with Crippen molar-refractivity contribution in [3.63, 3.8) is 0 Å². The third-order valence-corrected chi connectivity index (χ3v) is 4.00. The molecule has 0 radical (unpaired) electrons. The standard InChI is InChI=1S/C18H23ClN2O2/c1-5-23-17(22)11-21-13(4)16(18(20-21)12(2)3)10-14-7-6-8-15(19)9-14/h6-9,12H,5,10-11H2,1-4H3. The summed E-state index contributed by atoms with van der Waals surface area (Å²) in [4.78, 5) is 11.8. The van der Waals surface area contributed by atoms with Crippen LogP contribution in [0.5, 0.6) is 0 Å². The minimum absolute atomic E-state index is 0.148. The fraction of sp³-hybridized carbons (Fsp3) is 0.444. The number of ether oxygens (including phenoxy) is 1. The van der Waals surface area contributed by atoms with Crippen LogP contribution in [0.2, 0.25) is 5.02 Å². The molecule has 0 fully saturated rings. The lowest BCUT2D eigenvalue weighted by molar-refractivity contribution is -0.144. The molecule has 2 rings (SSSR count). The zero-order chi connectivity index (χ0) is 17.0. The number of nitrogens with zero attached hydrogens (tertiary/aromatic N) is 2. The van der Waals surface area contributed by atoms with E-state index in [1.165, 1.54) is 0 Å². The summed E-state index contributed by atoms with van der Waals surface area (Å²) in [7, 11) is 0. The minimum Gasteiger partial charge on any atom is -0.465 e. The molecule has 0 aliphatic rings. The first-order valence-electron chi connectivity index (χ1n) is 7.88. The molecule has 1 aromatic carbocycles. The van der Waals surface area contributed by atoms with E-state index in [9.17, 15) is 4.79 Å². The maximum absolute atomic E-state index is 11.8. The topological polar surface area (TPSA) is 44.1 Å². The summed E-state index contributed by atoms with van der Waals surface area (Å²) >= 11 is 6.08. The molecule has 0 spiro atoms. The minimum atomic E-state index is -0.261. The molecular weight excluding hydrogens is 312 g/mol. The maximum atomic E-state index is 11.8. The van der Waals surface area contributed by atoms with Gasteiger partial charge in [0.25, 0.3) is 0 Å². The van der Waals surface area contributed by atoms with Crippen LogP contribution >= 0.6 is 11.6 Å². The number of benzene rings is 1. The van der Waals surface area contributed by atoms with Gasteiger partial charge in [-0.2, -0.15) is 5.10 Å². The van der Waals surface area contributed by atoms with E-state index in [0.29, 0.717) is 6.61 Å². The Bertz CT molecular complexity index is 692. The number of carbonyl (C=O) groups is 1. The van der Waals surface area contributed by atoms with Gasteiger partial charge < -0.3 is 4.74 Å². The van der Waals surface area contributed by atoms with Gasteiger partial charge in [0, 0.05) is 22.7 Å². The number of rotatable bonds is 6. The van der Waals surface area contributed by atoms with E-state index in [2.05, 4.69) is 25.0 Å². The van der Waals surface area contributed by atoms with Crippen molar-refractivity contribution in [2.45, 2.75) is 46.6 Å². The molecule has 0 saturated carbocycles. The van der Waals surface area contributed by atoms with Crippen LogP contribution in [-0.2, 0) is 22.5 Å². The average molecular weight is 335 g/mol. The second-order valence-electron chi connectivity index (χ2n) is 5.87. The van der Waals surface area contributed by atoms with Gasteiger partial charge >= 0.3 is 5.97 Å². The molecule has 23 heavy (non-hydrogen) atoms. The molecule has 0 saturated heterocycles. The van der Waals surface area contributed by atoms with Crippen molar-refractivity contribution in [1.29, 1.82) is 0 Å². The van der Waals surface area contributed by atoms with E-state index in [-0.39, 0.29) is 18.4 Å². The van der Waals surface area contributed by atoms with Crippen molar-refractivity contribution in [2.75, 3.05) is 6.61 Å². The van der Waals surface area contributed by atoms with Crippen molar-refractivity contribution >= 4 is 17.6 Å². The molecule has 5 heteroatoms. The Morgan fingerprint density at radius 1 is 1.39 bits per heavy atom. The molecule has 0 amide bonds. The highest BCUT2D eigenvalue weighted by molar-refractivity contribution is 6.30. The number of halogens is 1. The van der Waals surface area contributed by atoms with Crippen LogP contribution in [-0.4, -0.2) is 22.4 Å². The number of aromatic nitrogens is 2. The highest BCUT2D eigenvalue weighted by atomic mass is 35.5. The van der Waals surface area contributed by atoms with E-state index >= 15 is 0 Å². The average Bonchev–Trinajstić information content (AvgIpc) is 2.77. The van der Waals surface area contributed by atoms with Gasteiger partial charge in [-0.15, -0.1) is 0 Å². The maximum Gasteiger partial charge on any atom is 0.327 e. The quantitative estimate of drug-likeness (QED) is 0.746. The van der Waals surface area contributed by atoms with Gasteiger partial charge in [0.15, 0.2) is 0 Å². The van der Waals surface area contributed by atoms with Crippen LogP contribution in [0, 0.1) is 6.92 Å². The first-order valence-corrected chi connectivity index (χ1v) is 8.26. The Kier molecular flexibility index (Phi) is 5.83. The zero-order valence-electron chi connectivity index (χ0n) is 14.1. The molecule has 0 N–H and O–H groups in total. The van der Waals surface area contributed by atoms with Crippen molar-refractivity contribution in [2.24, 2.45) is 0 Å². The Hall–Kier alpha value is -1.81. The van der Waals surface area contributed by atoms with E-state index < -0.39 is 0 Å². The molecular formula is C18H23ClN2O2. The summed E-state index contributed by atoms with van der Waals surface area (Å²) in [5.41, 5.74) is 4.32. The molecule has 1 heterocycles. The zero-order valence-corrected chi connectivity index (χ0v) is 14.9. The predicted molar refractivity (Wildman–Crippen MR) is 91.9 cm³/mol. The summed E-state index contributed by atoms with van der Waals surface area (Å²) in [6.07, 6.45) is 0.753. The second kappa shape index (κ2) is 7.64. The van der Waals surface area contributed by atoms with Crippen molar-refractivity contribution in [1.82, 2.24) is 9.78 Å². The molecule has 0 atom stereocenters. The fourth-order valence-electron chi connectivity index (χ4n) is 2.62. The van der Waals surface area contributed by atoms with Gasteiger partial charge in [-0.25, -0.2) is 0 Å². The number of hydrogen-bond acceptors (Lipinski definition) is 3. The van der Waals surface area contributed by atoms with Gasteiger partial charge in [0.2, 0.25) is 0 Å². The molecule has 0 bridgehead atoms. The predicted octanol–water partition coefficient (Wildman–Crippen LogP) is 4.12. The van der Waals surface area contributed by atoms with E-state index in [1.807, 2.05) is 25.1 Å². The monoisotopic (exact) mass is 334 g/mol. The lowest BCUT2D eigenvalue weighted by atomic mass is 9.98. The molecule has 2 aromatic rings. The Morgan fingerprint density at radius 2 is 2.13 bits per heavy atom. The van der Waals surface area contributed by atoms with Crippen LogP contribution in [0.4, 0.5) is 0 Å². The largest absolute Gasteiger partial charge is 0.465 e. The molecule has 0 aliphatic heterocycles. The van der Waals surface area contributed by atoms with Crippen molar-refractivity contribution < 1.29 is 9.53 Å². The molecule has 1 aromatic heterocycles. The number of hydrogen-bond donors (Lipinski definition) is 0. The SMILES string of the molecule is CCOC(=O)Cn1nc(C(C)C)c(Cc2cccc(Cl)c2)c1C. The second-order valence-corrected chi connectivity index (χ2v) is 6.31. The fourth-order valence-corrected chi connectivity index (χ4v) is 2.84. The molecule has 124 valence electrons. The van der Waals surface area contributed by atoms with Gasteiger partial charge in [0.1, 0.15) is 6.54 Å². The van der Waals surface area contributed by atoms with Gasteiger partial charge in [0.05, 0.1) is 12.3 Å². The first-order chi connectivity index (χ1) is 10.9. The third kappa shape index (κ3) is 4.35. The normalized spacial score (nSPS) is 11.0. The van der Waals surface area contributed by atoms with Gasteiger partial charge in [-0.3, -0.25) is 9.48 Å². The van der Waals surface area contributed by atoms with E-state index in [4.69, 9.17) is 16.3 Å². The van der Waals surface area contributed by atoms with Crippen LogP contribution in [0.3, 0.4) is 0 Å². The van der Waals surface area contributed by atoms with Gasteiger partial charge in [-0.05, 0) is 37.5 Å². The first kappa shape index (κ1) is 17.5. The Labute approximate surface area is 142 Å². The van der Waals surface area contributed by atoms with Crippen LogP contribution in [0.25, 0.3) is 0 Å². The highest BCUT2D eigenvalue weighted by Crippen LogP contribution is 2.25. The Balaban J connectivity index is 2.33. The lowest BCUT2D eigenvalue weighted by Gasteiger charge is -2.07. The smallest absolute Gasteiger partial charge is 0.327 e. The third-order valence-electron chi connectivity index (χ3n) is 3.76. The number of esters is 1. The summed E-state index contributed by atoms with van der Waals surface area (Å²) in [5, 5.41) is 5.36. The van der Waals surface area contributed by atoms with E-state index in [1.54, 1.807) is 11.6 Å². The Morgan fingerprint density at radius 3 is 2.74 bits per heavy atom. The summed E-state index contributed by atoms with van der Waals surface area (Å²) in [6.45, 7) is 8.55. The van der Waals surface area contributed by atoms with E-state index in [0.717, 1.165) is 34.0 Å². The molecule has 0 aliphatic carbocycles. The summed E-state index contributed by atoms with van der Waals surface area (Å²) in [6, 6.07) is 7.84. The summed E-state index contributed by atoms with van der Waals surface area (Å²) in [5.74, 6) is 0.0223. The highest BCUT2D eigenvalue weighted by Gasteiger charge is 2.19. The molecule has 4 nitrogen and oxygen atoms in total.